The molecule has 80 valence electrons. The second kappa shape index (κ2) is 5.20. The smallest absolute Gasteiger partial charge is 0.152 e. The number of hydrogen-bond donors (Lipinski definition) is 1. The third kappa shape index (κ3) is 2.01. The summed E-state index contributed by atoms with van der Waals surface area (Å²) in [7, 11) is 1.59. The zero-order valence-corrected chi connectivity index (χ0v) is 9.20. The number of aldehydes is 1. The van der Waals surface area contributed by atoms with E-state index >= 15 is 0 Å². The SMILES string of the molecule is CC.COc1cccc2[nH]cc(C=O)c12. The third-order valence-electron chi connectivity index (χ3n) is 2.04. The Kier molecular flexibility index (Phi) is 3.92. The molecule has 0 bridgehead atoms. The van der Waals surface area contributed by atoms with Crippen molar-refractivity contribution in [2.24, 2.45) is 0 Å². The van der Waals surface area contributed by atoms with Crippen molar-refractivity contribution in [1.82, 2.24) is 4.98 Å². The standard InChI is InChI=1S/C10H9NO2.C2H6/c1-13-9-4-2-3-8-10(9)7(6-12)5-11-8;1-2/h2-6,11H,1H3;1-2H3. The molecule has 0 fully saturated rings. The molecule has 15 heavy (non-hydrogen) atoms. The summed E-state index contributed by atoms with van der Waals surface area (Å²) in [5, 5.41) is 0.847. The van der Waals surface area contributed by atoms with Gasteiger partial charge in [0.25, 0.3) is 0 Å². The van der Waals surface area contributed by atoms with Crippen molar-refractivity contribution >= 4 is 17.2 Å². The molecule has 0 aliphatic rings. The second-order valence-corrected chi connectivity index (χ2v) is 2.74. The van der Waals surface area contributed by atoms with Crippen molar-refractivity contribution < 1.29 is 9.53 Å². The number of rotatable bonds is 2. The lowest BCUT2D eigenvalue weighted by Gasteiger charge is -2.00. The van der Waals surface area contributed by atoms with Crippen molar-refractivity contribution in [3.8, 4) is 5.75 Å². The molecule has 0 saturated carbocycles. The van der Waals surface area contributed by atoms with E-state index in [9.17, 15) is 4.79 Å². The Labute approximate surface area is 89.1 Å². The lowest BCUT2D eigenvalue weighted by Crippen LogP contribution is -1.84. The Morgan fingerprint density at radius 2 is 2.07 bits per heavy atom. The minimum Gasteiger partial charge on any atom is -0.496 e. The van der Waals surface area contributed by atoms with Crippen molar-refractivity contribution in [1.29, 1.82) is 0 Å². The van der Waals surface area contributed by atoms with Gasteiger partial charge in [-0.05, 0) is 12.1 Å². The summed E-state index contributed by atoms with van der Waals surface area (Å²) in [5.41, 5.74) is 1.55. The molecule has 0 aliphatic carbocycles. The first-order chi connectivity index (χ1) is 7.36. The summed E-state index contributed by atoms with van der Waals surface area (Å²) < 4.78 is 5.15. The van der Waals surface area contributed by atoms with E-state index in [2.05, 4.69) is 4.98 Å². The van der Waals surface area contributed by atoms with E-state index in [1.165, 1.54) is 0 Å². The van der Waals surface area contributed by atoms with Gasteiger partial charge in [0.15, 0.2) is 6.29 Å². The summed E-state index contributed by atoms with van der Waals surface area (Å²) in [6, 6.07) is 5.63. The molecule has 1 aromatic carbocycles. The van der Waals surface area contributed by atoms with Gasteiger partial charge < -0.3 is 9.72 Å². The molecule has 0 aliphatic heterocycles. The maximum atomic E-state index is 10.7. The van der Waals surface area contributed by atoms with E-state index < -0.39 is 0 Å². The lowest BCUT2D eigenvalue weighted by atomic mass is 10.2. The Morgan fingerprint density at radius 1 is 1.33 bits per heavy atom. The minimum atomic E-state index is 0.632. The molecule has 1 aromatic heterocycles. The number of benzene rings is 1. The molecule has 3 nitrogen and oxygen atoms in total. The van der Waals surface area contributed by atoms with Gasteiger partial charge in [-0.2, -0.15) is 0 Å². The molecule has 0 amide bonds. The molecule has 1 heterocycles. The molecule has 0 unspecified atom stereocenters. The zero-order chi connectivity index (χ0) is 11.3. The van der Waals surface area contributed by atoms with Crippen LogP contribution < -0.4 is 4.74 Å². The lowest BCUT2D eigenvalue weighted by molar-refractivity contribution is 0.112. The molecule has 2 rings (SSSR count). The van der Waals surface area contributed by atoms with Crippen LogP contribution in [-0.4, -0.2) is 18.4 Å². The highest BCUT2D eigenvalue weighted by Crippen LogP contribution is 2.27. The molecular weight excluding hydrogens is 190 g/mol. The number of carbonyl (C=O) groups is 1. The molecule has 0 spiro atoms. The van der Waals surface area contributed by atoms with E-state index in [0.717, 1.165) is 22.9 Å². The van der Waals surface area contributed by atoms with Gasteiger partial charge in [-0.1, -0.05) is 19.9 Å². The Balaban J connectivity index is 0.000000531. The topological polar surface area (TPSA) is 42.1 Å². The first-order valence-electron chi connectivity index (χ1n) is 4.96. The Morgan fingerprint density at radius 3 is 2.67 bits per heavy atom. The molecule has 1 N–H and O–H groups in total. The number of hydrogen-bond acceptors (Lipinski definition) is 2. The van der Waals surface area contributed by atoms with E-state index in [1.807, 2.05) is 32.0 Å². The maximum absolute atomic E-state index is 10.7. The van der Waals surface area contributed by atoms with Gasteiger partial charge in [0.1, 0.15) is 5.75 Å². The van der Waals surface area contributed by atoms with Crippen molar-refractivity contribution in [2.75, 3.05) is 7.11 Å². The van der Waals surface area contributed by atoms with E-state index in [4.69, 9.17) is 4.74 Å². The number of H-pyrrole nitrogens is 1. The highest BCUT2D eigenvalue weighted by atomic mass is 16.5. The Hall–Kier alpha value is -1.77. The van der Waals surface area contributed by atoms with Crippen LogP contribution in [0, 0.1) is 0 Å². The van der Waals surface area contributed by atoms with Gasteiger partial charge in [0.05, 0.1) is 12.5 Å². The maximum Gasteiger partial charge on any atom is 0.152 e. The number of aromatic nitrogens is 1. The van der Waals surface area contributed by atoms with Crippen LogP contribution in [0.15, 0.2) is 24.4 Å². The van der Waals surface area contributed by atoms with E-state index in [1.54, 1.807) is 13.3 Å². The third-order valence-corrected chi connectivity index (χ3v) is 2.04. The van der Waals surface area contributed by atoms with Crippen molar-refractivity contribution in [3.05, 3.63) is 30.0 Å². The number of nitrogens with one attached hydrogen (secondary N) is 1. The van der Waals surface area contributed by atoms with Crippen LogP contribution in [0.5, 0.6) is 5.75 Å². The number of aromatic amines is 1. The summed E-state index contributed by atoms with van der Waals surface area (Å²) in [6.07, 6.45) is 2.50. The summed E-state index contributed by atoms with van der Waals surface area (Å²) in [6.45, 7) is 4.00. The molecule has 0 saturated heterocycles. The minimum absolute atomic E-state index is 0.632. The average molecular weight is 205 g/mol. The van der Waals surface area contributed by atoms with Crippen LogP contribution in [0.3, 0.4) is 0 Å². The fraction of sp³-hybridized carbons (Fsp3) is 0.250. The molecule has 0 radical (unpaired) electrons. The zero-order valence-electron chi connectivity index (χ0n) is 9.20. The monoisotopic (exact) mass is 205 g/mol. The van der Waals surface area contributed by atoms with Gasteiger partial charge in [-0.3, -0.25) is 4.79 Å². The van der Waals surface area contributed by atoms with Crippen LogP contribution in [0.4, 0.5) is 0 Å². The molecular formula is C12H15NO2. The second-order valence-electron chi connectivity index (χ2n) is 2.74. The van der Waals surface area contributed by atoms with Gasteiger partial charge in [0.2, 0.25) is 0 Å². The van der Waals surface area contributed by atoms with E-state index in [0.29, 0.717) is 5.56 Å². The predicted octanol–water partition coefficient (Wildman–Crippen LogP) is 3.02. The van der Waals surface area contributed by atoms with Gasteiger partial charge in [0, 0.05) is 17.3 Å². The number of carbonyl (C=O) groups excluding carboxylic acids is 1. The predicted molar refractivity (Wildman–Crippen MR) is 61.6 cm³/mol. The van der Waals surface area contributed by atoms with Crippen molar-refractivity contribution in [3.63, 3.8) is 0 Å². The van der Waals surface area contributed by atoms with Crippen LogP contribution in [0.2, 0.25) is 0 Å². The summed E-state index contributed by atoms with van der Waals surface area (Å²) in [5.74, 6) is 0.723. The highest BCUT2D eigenvalue weighted by molar-refractivity contribution is 6.00. The van der Waals surface area contributed by atoms with Gasteiger partial charge >= 0.3 is 0 Å². The quantitative estimate of drug-likeness (QED) is 0.766. The highest BCUT2D eigenvalue weighted by Gasteiger charge is 2.06. The number of ether oxygens (including phenoxy) is 1. The molecule has 0 atom stereocenters. The average Bonchev–Trinajstić information content (AvgIpc) is 2.74. The number of methoxy groups -OCH3 is 1. The number of fused-ring (bicyclic) bond motifs is 1. The van der Waals surface area contributed by atoms with Crippen LogP contribution in [0.25, 0.3) is 10.9 Å². The van der Waals surface area contributed by atoms with Gasteiger partial charge in [-0.15, -0.1) is 0 Å². The van der Waals surface area contributed by atoms with Crippen molar-refractivity contribution in [2.45, 2.75) is 13.8 Å². The van der Waals surface area contributed by atoms with Gasteiger partial charge in [-0.25, -0.2) is 0 Å². The molecule has 3 heteroatoms. The normalized spacial score (nSPS) is 9.27. The summed E-state index contributed by atoms with van der Waals surface area (Å²) in [4.78, 5) is 13.7. The van der Waals surface area contributed by atoms with Crippen LogP contribution in [-0.2, 0) is 0 Å². The largest absolute Gasteiger partial charge is 0.496 e. The summed E-state index contributed by atoms with van der Waals surface area (Å²) >= 11 is 0. The first-order valence-corrected chi connectivity index (χ1v) is 4.96. The van der Waals surface area contributed by atoms with Crippen LogP contribution in [0.1, 0.15) is 24.2 Å². The first kappa shape index (κ1) is 11.3. The molecule has 2 aromatic rings. The fourth-order valence-electron chi connectivity index (χ4n) is 1.44. The van der Waals surface area contributed by atoms with E-state index in [-0.39, 0.29) is 0 Å². The Bertz CT molecular complexity index is 446. The fourth-order valence-corrected chi connectivity index (χ4v) is 1.44. The van der Waals surface area contributed by atoms with Crippen LogP contribution >= 0.6 is 0 Å².